The van der Waals surface area contributed by atoms with Crippen LogP contribution in [0.2, 0.25) is 0 Å². The molecular weight excluding hydrogens is 411 g/mol. The number of rotatable bonds is 6. The maximum Gasteiger partial charge on any atom is 0.416 e. The van der Waals surface area contributed by atoms with Gasteiger partial charge >= 0.3 is 6.18 Å². The van der Waals surface area contributed by atoms with Crippen LogP contribution in [0.3, 0.4) is 0 Å². The van der Waals surface area contributed by atoms with E-state index in [4.69, 9.17) is 20.8 Å². The maximum atomic E-state index is 13.0. The van der Waals surface area contributed by atoms with Crippen LogP contribution in [0.4, 0.5) is 13.2 Å². The Morgan fingerprint density at radius 1 is 1.31 bits per heavy atom. The van der Waals surface area contributed by atoms with Gasteiger partial charge in [0.15, 0.2) is 11.6 Å². The van der Waals surface area contributed by atoms with E-state index < -0.39 is 11.7 Å². The molecule has 1 aromatic carbocycles. The Hall–Kier alpha value is -3.19. The molecule has 13 heteroatoms. The van der Waals surface area contributed by atoms with Crippen molar-refractivity contribution in [2.75, 3.05) is 12.9 Å². The van der Waals surface area contributed by atoms with E-state index in [1.807, 2.05) is 0 Å². The first-order valence-corrected chi connectivity index (χ1v) is 8.98. The zero-order valence-corrected chi connectivity index (χ0v) is 15.8. The van der Waals surface area contributed by atoms with Crippen LogP contribution >= 0.6 is 11.8 Å². The third-order valence-electron chi connectivity index (χ3n) is 3.76. The second-order valence-corrected chi connectivity index (χ2v) is 6.49. The molecule has 0 spiro atoms. The number of furan rings is 1. The molecule has 0 radical (unpaired) electrons. The number of hydrazine groups is 1. The Balaban J connectivity index is 1.85. The standard InChI is InChI=1S/C16H16F3N7O2S/c1-27-10-3-2-8(16(17,18)19)6-9(10)11-4-5-12(28-11)14-22-15(26-25-14)29-7-13(23-20)24-21/h2-6H,7,20-21H2,1H3,(H,23,24)(H,22,25,26). The minimum absolute atomic E-state index is 0.167. The number of aromatic amines is 1. The van der Waals surface area contributed by atoms with Gasteiger partial charge in [0.25, 0.3) is 0 Å². The lowest BCUT2D eigenvalue weighted by atomic mass is 10.1. The van der Waals surface area contributed by atoms with Gasteiger partial charge in [0.1, 0.15) is 17.3 Å². The number of nitrogens with one attached hydrogen (secondary N) is 2. The molecule has 3 rings (SSSR count). The van der Waals surface area contributed by atoms with Gasteiger partial charge in [-0.25, -0.2) is 5.84 Å². The topological polar surface area (TPSA) is 140 Å². The maximum absolute atomic E-state index is 13.0. The zero-order valence-electron chi connectivity index (χ0n) is 14.9. The summed E-state index contributed by atoms with van der Waals surface area (Å²) in [5.41, 5.74) is 1.69. The van der Waals surface area contributed by atoms with E-state index in [2.05, 4.69) is 25.7 Å². The minimum atomic E-state index is -4.49. The summed E-state index contributed by atoms with van der Waals surface area (Å²) in [5, 5.41) is 10.6. The van der Waals surface area contributed by atoms with Crippen LogP contribution in [0, 0.1) is 0 Å². The van der Waals surface area contributed by atoms with Gasteiger partial charge in [-0.05, 0) is 30.3 Å². The van der Waals surface area contributed by atoms with E-state index in [1.165, 1.54) is 31.0 Å². The van der Waals surface area contributed by atoms with Crippen LogP contribution in [-0.2, 0) is 6.18 Å². The summed E-state index contributed by atoms with van der Waals surface area (Å²) in [7, 11) is 1.37. The Kier molecular flexibility index (Phi) is 5.98. The van der Waals surface area contributed by atoms with Gasteiger partial charge in [0.05, 0.1) is 24.0 Å². The lowest BCUT2D eigenvalue weighted by Crippen LogP contribution is -2.33. The van der Waals surface area contributed by atoms with E-state index in [9.17, 15) is 13.2 Å². The van der Waals surface area contributed by atoms with Crippen molar-refractivity contribution in [3.63, 3.8) is 0 Å². The van der Waals surface area contributed by atoms with Crippen molar-refractivity contribution < 1.29 is 22.3 Å². The first-order chi connectivity index (χ1) is 13.9. The number of H-pyrrole nitrogens is 1. The molecule has 0 saturated carbocycles. The van der Waals surface area contributed by atoms with Crippen molar-refractivity contribution in [3.8, 4) is 28.7 Å². The lowest BCUT2D eigenvalue weighted by Gasteiger charge is -2.11. The molecule has 0 aliphatic heterocycles. The summed E-state index contributed by atoms with van der Waals surface area (Å²) >= 11 is 1.21. The second-order valence-electron chi connectivity index (χ2n) is 5.55. The molecule has 2 heterocycles. The Bertz CT molecular complexity index is 1020. The number of hydrogen-bond donors (Lipinski definition) is 4. The predicted molar refractivity (Wildman–Crippen MR) is 101 cm³/mol. The average molecular weight is 427 g/mol. The van der Waals surface area contributed by atoms with Gasteiger partial charge in [0, 0.05) is 0 Å². The molecular formula is C16H16F3N7O2S. The summed E-state index contributed by atoms with van der Waals surface area (Å²) < 4.78 is 50.0. The van der Waals surface area contributed by atoms with Crippen molar-refractivity contribution in [2.45, 2.75) is 11.3 Å². The van der Waals surface area contributed by atoms with Crippen LogP contribution in [-0.4, -0.2) is 33.9 Å². The lowest BCUT2D eigenvalue weighted by molar-refractivity contribution is -0.137. The highest BCUT2D eigenvalue weighted by atomic mass is 32.2. The van der Waals surface area contributed by atoms with E-state index in [0.29, 0.717) is 28.3 Å². The van der Waals surface area contributed by atoms with Crippen molar-refractivity contribution in [1.29, 1.82) is 0 Å². The Morgan fingerprint density at radius 3 is 2.72 bits per heavy atom. The number of aromatic nitrogens is 3. The number of nitrogens with zero attached hydrogens (tertiary/aromatic N) is 3. The number of hydrogen-bond acceptors (Lipinski definition) is 8. The number of hydrazone groups is 1. The molecule has 154 valence electrons. The van der Waals surface area contributed by atoms with Crippen molar-refractivity contribution >= 4 is 17.6 Å². The van der Waals surface area contributed by atoms with Gasteiger partial charge in [-0.1, -0.05) is 11.8 Å². The number of ether oxygens (including phenoxy) is 1. The Labute approximate surface area is 166 Å². The van der Waals surface area contributed by atoms with Crippen molar-refractivity contribution in [2.24, 2.45) is 16.8 Å². The molecule has 0 bridgehead atoms. The van der Waals surface area contributed by atoms with Gasteiger partial charge < -0.3 is 20.4 Å². The number of amidine groups is 1. The highest BCUT2D eigenvalue weighted by Gasteiger charge is 2.31. The quantitative estimate of drug-likeness (QED) is 0.155. The fraction of sp³-hybridized carbons (Fsp3) is 0.188. The third kappa shape index (κ3) is 4.63. The molecule has 3 aromatic rings. The van der Waals surface area contributed by atoms with Gasteiger partial charge in [0.2, 0.25) is 5.16 Å². The molecule has 0 saturated heterocycles. The van der Waals surface area contributed by atoms with Crippen LogP contribution in [0.25, 0.3) is 22.9 Å². The molecule has 2 aromatic heterocycles. The number of benzene rings is 1. The van der Waals surface area contributed by atoms with Crippen LogP contribution in [0.1, 0.15) is 5.56 Å². The average Bonchev–Trinajstić information content (AvgIpc) is 3.37. The first-order valence-electron chi connectivity index (χ1n) is 8.00. The first kappa shape index (κ1) is 20.5. The fourth-order valence-corrected chi connectivity index (χ4v) is 3.05. The fourth-order valence-electron chi connectivity index (χ4n) is 2.36. The summed E-state index contributed by atoms with van der Waals surface area (Å²) in [6, 6.07) is 6.25. The van der Waals surface area contributed by atoms with E-state index in [0.717, 1.165) is 12.1 Å². The van der Waals surface area contributed by atoms with Crippen molar-refractivity contribution in [3.05, 3.63) is 35.9 Å². The molecule has 0 aliphatic rings. The number of alkyl halides is 3. The summed E-state index contributed by atoms with van der Waals surface area (Å²) in [6.07, 6.45) is -4.49. The molecule has 0 fully saturated rings. The molecule has 29 heavy (non-hydrogen) atoms. The minimum Gasteiger partial charge on any atom is -0.496 e. The van der Waals surface area contributed by atoms with Crippen molar-refractivity contribution in [1.82, 2.24) is 20.6 Å². The van der Waals surface area contributed by atoms with Gasteiger partial charge in [-0.15, -0.1) is 5.10 Å². The normalized spacial score (nSPS) is 12.2. The molecule has 6 N–H and O–H groups in total. The molecule has 0 amide bonds. The van der Waals surface area contributed by atoms with E-state index in [-0.39, 0.29) is 17.1 Å². The zero-order chi connectivity index (χ0) is 21.0. The van der Waals surface area contributed by atoms with Gasteiger partial charge in [-0.2, -0.15) is 23.3 Å². The Morgan fingerprint density at radius 2 is 2.07 bits per heavy atom. The van der Waals surface area contributed by atoms with E-state index >= 15 is 0 Å². The molecule has 0 atom stereocenters. The number of thioether (sulfide) groups is 1. The highest BCUT2D eigenvalue weighted by Crippen LogP contribution is 2.38. The number of methoxy groups -OCH3 is 1. The van der Waals surface area contributed by atoms with Crippen LogP contribution < -0.4 is 21.8 Å². The summed E-state index contributed by atoms with van der Waals surface area (Å²) in [4.78, 5) is 4.25. The van der Waals surface area contributed by atoms with Gasteiger partial charge in [-0.3, -0.25) is 5.10 Å². The predicted octanol–water partition coefficient (Wildman–Crippen LogP) is 2.59. The molecule has 9 nitrogen and oxygen atoms in total. The van der Waals surface area contributed by atoms with Crippen LogP contribution in [0.5, 0.6) is 5.75 Å². The third-order valence-corrected chi connectivity index (χ3v) is 4.62. The summed E-state index contributed by atoms with van der Waals surface area (Å²) in [5.74, 6) is 12.1. The molecule has 0 unspecified atom stereocenters. The van der Waals surface area contributed by atoms with Crippen LogP contribution in [0.15, 0.2) is 45.0 Å². The van der Waals surface area contributed by atoms with E-state index in [1.54, 1.807) is 6.07 Å². The number of halogens is 3. The summed E-state index contributed by atoms with van der Waals surface area (Å²) in [6.45, 7) is 0. The smallest absolute Gasteiger partial charge is 0.416 e. The largest absolute Gasteiger partial charge is 0.496 e. The SMILES string of the molecule is COc1ccc(C(F)(F)F)cc1-c1ccc(-c2nc(SC/C(=N/N)NN)n[nH]2)o1. The highest BCUT2D eigenvalue weighted by molar-refractivity contribution is 7.99. The molecule has 0 aliphatic carbocycles. The number of nitrogens with two attached hydrogens (primary N) is 2. The monoisotopic (exact) mass is 427 g/mol. The second kappa shape index (κ2) is 8.45.